The van der Waals surface area contributed by atoms with Gasteiger partial charge in [0.25, 0.3) is 5.91 Å². The summed E-state index contributed by atoms with van der Waals surface area (Å²) in [4.78, 5) is 14.3. The largest absolute Gasteiger partial charge is 0.483 e. The summed E-state index contributed by atoms with van der Waals surface area (Å²) in [5.41, 5.74) is 9.60. The number of rotatable bonds is 4. The molecule has 1 heterocycles. The Bertz CT molecular complexity index is 715. The molecule has 0 aliphatic carbocycles. The summed E-state index contributed by atoms with van der Waals surface area (Å²) in [5, 5.41) is 0. The monoisotopic (exact) mass is 324 g/mol. The summed E-state index contributed by atoms with van der Waals surface area (Å²) in [7, 11) is 0. The number of amides is 1. The first kappa shape index (κ1) is 16.5. The zero-order valence-electron chi connectivity index (χ0n) is 14.2. The number of benzene rings is 2. The molecule has 0 saturated carbocycles. The Morgan fingerprint density at radius 1 is 1.17 bits per heavy atom. The Morgan fingerprint density at radius 3 is 2.67 bits per heavy atom. The van der Waals surface area contributed by atoms with Gasteiger partial charge in [0.2, 0.25) is 0 Å². The van der Waals surface area contributed by atoms with Gasteiger partial charge in [-0.05, 0) is 36.6 Å². The van der Waals surface area contributed by atoms with Gasteiger partial charge < -0.3 is 15.4 Å². The van der Waals surface area contributed by atoms with Gasteiger partial charge in [-0.25, -0.2) is 0 Å². The van der Waals surface area contributed by atoms with Crippen LogP contribution >= 0.6 is 0 Å². The summed E-state index contributed by atoms with van der Waals surface area (Å²) < 4.78 is 5.74. The Hall–Kier alpha value is -2.33. The van der Waals surface area contributed by atoms with Crippen molar-refractivity contribution in [2.75, 3.05) is 19.7 Å². The molecule has 4 nitrogen and oxygen atoms in total. The van der Waals surface area contributed by atoms with Crippen LogP contribution in [0.25, 0.3) is 0 Å². The molecule has 3 rings (SSSR count). The molecule has 0 bridgehead atoms. The minimum atomic E-state index is -0.0305. The number of ether oxygens (including phenoxy) is 1. The molecule has 1 saturated heterocycles. The third-order valence-electron chi connectivity index (χ3n) is 4.64. The Balaban J connectivity index is 1.61. The molecule has 4 heteroatoms. The molecule has 24 heavy (non-hydrogen) atoms. The molecule has 0 radical (unpaired) electrons. The van der Waals surface area contributed by atoms with Gasteiger partial charge >= 0.3 is 0 Å². The average molecular weight is 324 g/mol. The second-order valence-corrected chi connectivity index (χ2v) is 6.54. The van der Waals surface area contributed by atoms with Crippen molar-refractivity contribution in [3.05, 3.63) is 65.2 Å². The van der Waals surface area contributed by atoms with Gasteiger partial charge in [-0.15, -0.1) is 0 Å². The second kappa shape index (κ2) is 7.05. The maximum absolute atomic E-state index is 12.5. The number of nitrogens with zero attached hydrogens (tertiary/aromatic N) is 1. The molecule has 2 N–H and O–H groups in total. The van der Waals surface area contributed by atoms with E-state index in [-0.39, 0.29) is 24.5 Å². The lowest BCUT2D eigenvalue weighted by Crippen LogP contribution is -2.35. The first-order valence-corrected chi connectivity index (χ1v) is 8.33. The van der Waals surface area contributed by atoms with Gasteiger partial charge in [0.05, 0.1) is 0 Å². The van der Waals surface area contributed by atoms with Crippen LogP contribution in [0.2, 0.25) is 0 Å². The summed E-state index contributed by atoms with van der Waals surface area (Å²) in [6, 6.07) is 16.1. The van der Waals surface area contributed by atoms with E-state index < -0.39 is 0 Å². The molecule has 2 aromatic carbocycles. The number of carbonyl (C=O) groups is 1. The number of hydrogen-bond donors (Lipinski definition) is 1. The third kappa shape index (κ3) is 3.60. The highest BCUT2D eigenvalue weighted by atomic mass is 16.5. The van der Waals surface area contributed by atoms with E-state index in [4.69, 9.17) is 10.5 Å². The first-order chi connectivity index (χ1) is 11.5. The third-order valence-corrected chi connectivity index (χ3v) is 4.64. The maximum Gasteiger partial charge on any atom is 0.260 e. The zero-order chi connectivity index (χ0) is 17.1. The van der Waals surface area contributed by atoms with Crippen molar-refractivity contribution in [3.8, 4) is 5.75 Å². The van der Waals surface area contributed by atoms with Gasteiger partial charge in [0.15, 0.2) is 6.61 Å². The van der Waals surface area contributed by atoms with Crippen LogP contribution in [0.3, 0.4) is 0 Å². The first-order valence-electron chi connectivity index (χ1n) is 8.33. The highest BCUT2D eigenvalue weighted by Gasteiger charge is 2.33. The van der Waals surface area contributed by atoms with Crippen LogP contribution in [-0.2, 0) is 4.79 Å². The van der Waals surface area contributed by atoms with E-state index in [1.165, 1.54) is 5.56 Å². The van der Waals surface area contributed by atoms with Crippen molar-refractivity contribution in [1.82, 2.24) is 4.90 Å². The van der Waals surface area contributed by atoms with Crippen LogP contribution < -0.4 is 10.5 Å². The lowest BCUT2D eigenvalue weighted by Gasteiger charge is -2.17. The van der Waals surface area contributed by atoms with Gasteiger partial charge in [-0.3, -0.25) is 4.79 Å². The minimum Gasteiger partial charge on any atom is -0.483 e. The predicted octanol–water partition coefficient (Wildman–Crippen LogP) is 2.64. The summed E-state index contributed by atoms with van der Waals surface area (Å²) in [5.74, 6) is 0.951. The van der Waals surface area contributed by atoms with Crippen LogP contribution in [0.1, 0.15) is 22.6 Å². The van der Waals surface area contributed by atoms with Crippen molar-refractivity contribution in [2.45, 2.75) is 25.8 Å². The van der Waals surface area contributed by atoms with Crippen LogP contribution in [0, 0.1) is 13.8 Å². The number of aryl methyl sites for hydroxylation is 2. The van der Waals surface area contributed by atoms with Crippen molar-refractivity contribution < 1.29 is 9.53 Å². The molecule has 126 valence electrons. The van der Waals surface area contributed by atoms with Crippen LogP contribution in [-0.4, -0.2) is 36.5 Å². The number of hydrogen-bond acceptors (Lipinski definition) is 3. The van der Waals surface area contributed by atoms with Gasteiger partial charge in [-0.1, -0.05) is 42.5 Å². The highest BCUT2D eigenvalue weighted by Crippen LogP contribution is 2.26. The molecular formula is C20H24N2O2. The molecule has 0 aromatic heterocycles. The molecule has 2 aromatic rings. The fourth-order valence-corrected chi connectivity index (χ4v) is 3.18. The molecule has 2 atom stereocenters. The van der Waals surface area contributed by atoms with E-state index in [0.717, 1.165) is 16.9 Å². The molecule has 0 spiro atoms. The second-order valence-electron chi connectivity index (χ2n) is 6.54. The van der Waals surface area contributed by atoms with E-state index in [1.54, 1.807) is 0 Å². The normalized spacial score (nSPS) is 20.2. The molecule has 0 unspecified atom stereocenters. The van der Waals surface area contributed by atoms with Crippen molar-refractivity contribution >= 4 is 5.91 Å². The molecule has 1 amide bonds. The number of carbonyl (C=O) groups excluding carboxylic acids is 1. The molecular weight excluding hydrogens is 300 g/mol. The minimum absolute atomic E-state index is 0.00946. The fourth-order valence-electron chi connectivity index (χ4n) is 3.18. The Morgan fingerprint density at radius 2 is 1.92 bits per heavy atom. The smallest absolute Gasteiger partial charge is 0.260 e. The Kier molecular flexibility index (Phi) is 4.86. The van der Waals surface area contributed by atoms with Crippen LogP contribution in [0.15, 0.2) is 48.5 Å². The molecule has 1 fully saturated rings. The van der Waals surface area contributed by atoms with Crippen LogP contribution in [0.4, 0.5) is 0 Å². The van der Waals surface area contributed by atoms with Crippen molar-refractivity contribution in [1.29, 1.82) is 0 Å². The van der Waals surface area contributed by atoms with E-state index in [9.17, 15) is 4.79 Å². The quantitative estimate of drug-likeness (QED) is 0.940. The summed E-state index contributed by atoms with van der Waals surface area (Å²) in [6.45, 7) is 5.28. The van der Waals surface area contributed by atoms with Gasteiger partial charge in [0, 0.05) is 25.0 Å². The average Bonchev–Trinajstić information content (AvgIpc) is 2.98. The Labute approximate surface area is 143 Å². The van der Waals surface area contributed by atoms with E-state index in [2.05, 4.69) is 12.1 Å². The molecule has 1 aliphatic rings. The predicted molar refractivity (Wildman–Crippen MR) is 95.1 cm³/mol. The van der Waals surface area contributed by atoms with E-state index in [1.807, 2.05) is 55.1 Å². The number of likely N-dealkylation sites (tertiary alicyclic amines) is 1. The van der Waals surface area contributed by atoms with Crippen molar-refractivity contribution in [2.24, 2.45) is 5.73 Å². The lowest BCUT2D eigenvalue weighted by molar-refractivity contribution is -0.132. The summed E-state index contributed by atoms with van der Waals surface area (Å²) >= 11 is 0. The van der Waals surface area contributed by atoms with E-state index in [0.29, 0.717) is 13.1 Å². The zero-order valence-corrected chi connectivity index (χ0v) is 14.2. The van der Waals surface area contributed by atoms with E-state index >= 15 is 0 Å². The van der Waals surface area contributed by atoms with Gasteiger partial charge in [0.1, 0.15) is 5.75 Å². The van der Waals surface area contributed by atoms with Gasteiger partial charge in [-0.2, -0.15) is 0 Å². The van der Waals surface area contributed by atoms with Crippen LogP contribution in [0.5, 0.6) is 5.75 Å². The highest BCUT2D eigenvalue weighted by molar-refractivity contribution is 5.78. The fraction of sp³-hybridized carbons (Fsp3) is 0.350. The SMILES string of the molecule is Cc1ccc(C)c(OCC(=O)N2C[C@@H](N)[C@H](c3ccccc3)C2)c1. The summed E-state index contributed by atoms with van der Waals surface area (Å²) in [6.07, 6.45) is 0. The standard InChI is InChI=1S/C20H24N2O2/c1-14-8-9-15(2)19(10-14)24-13-20(23)22-11-17(18(21)12-22)16-6-4-3-5-7-16/h3-10,17-18H,11-13,21H2,1-2H3/t17-,18+/m0/s1. The molecule has 1 aliphatic heterocycles. The number of nitrogens with two attached hydrogens (primary N) is 1. The topological polar surface area (TPSA) is 55.6 Å². The maximum atomic E-state index is 12.5. The lowest BCUT2D eigenvalue weighted by atomic mass is 9.95. The van der Waals surface area contributed by atoms with Crippen molar-refractivity contribution in [3.63, 3.8) is 0 Å².